The van der Waals surface area contributed by atoms with Crippen molar-refractivity contribution in [3.63, 3.8) is 0 Å². The lowest BCUT2D eigenvalue weighted by molar-refractivity contribution is 0.352. The van der Waals surface area contributed by atoms with Gasteiger partial charge in [-0.2, -0.15) is 0 Å². The summed E-state index contributed by atoms with van der Waals surface area (Å²) in [6, 6.07) is 4.11. The fraction of sp³-hybridized carbons (Fsp3) is 0.455. The van der Waals surface area contributed by atoms with Crippen molar-refractivity contribution in [1.82, 2.24) is 0 Å². The molecule has 0 heterocycles. The average Bonchev–Trinajstić information content (AvgIpc) is 2.59. The van der Waals surface area contributed by atoms with E-state index in [0.717, 1.165) is 24.3 Å². The molecule has 1 atom stereocenters. The van der Waals surface area contributed by atoms with Crippen molar-refractivity contribution >= 4 is 12.4 Å². The van der Waals surface area contributed by atoms with Crippen LogP contribution in [0.4, 0.5) is 0 Å². The predicted octanol–water partition coefficient (Wildman–Crippen LogP) is 2.07. The van der Waals surface area contributed by atoms with Crippen LogP contribution in [0.1, 0.15) is 23.6 Å². The zero-order chi connectivity index (χ0) is 10.1. The van der Waals surface area contributed by atoms with Gasteiger partial charge in [-0.05, 0) is 24.5 Å². The highest BCUT2D eigenvalue weighted by Gasteiger charge is 2.24. The van der Waals surface area contributed by atoms with Crippen LogP contribution >= 0.6 is 12.4 Å². The van der Waals surface area contributed by atoms with Gasteiger partial charge in [0.25, 0.3) is 0 Å². The van der Waals surface area contributed by atoms with E-state index < -0.39 is 0 Å². The Balaban J connectivity index is 0.00000112. The van der Waals surface area contributed by atoms with Crippen molar-refractivity contribution in [3.05, 3.63) is 23.3 Å². The van der Waals surface area contributed by atoms with Gasteiger partial charge < -0.3 is 15.2 Å². The largest absolute Gasteiger partial charge is 0.493 e. The van der Waals surface area contributed by atoms with E-state index >= 15 is 0 Å². The Labute approximate surface area is 96.0 Å². The summed E-state index contributed by atoms with van der Waals surface area (Å²) in [5.41, 5.74) is 8.37. The van der Waals surface area contributed by atoms with Gasteiger partial charge in [0.2, 0.25) is 0 Å². The summed E-state index contributed by atoms with van der Waals surface area (Å²) < 4.78 is 10.6. The summed E-state index contributed by atoms with van der Waals surface area (Å²) in [4.78, 5) is 0. The van der Waals surface area contributed by atoms with Crippen LogP contribution in [0.15, 0.2) is 12.1 Å². The number of hydrogen-bond donors (Lipinski definition) is 1. The number of benzene rings is 1. The van der Waals surface area contributed by atoms with Crippen LogP contribution in [0.5, 0.6) is 11.5 Å². The van der Waals surface area contributed by atoms with Crippen LogP contribution < -0.4 is 15.2 Å². The molecule has 1 aromatic rings. The third-order valence-corrected chi connectivity index (χ3v) is 2.79. The van der Waals surface area contributed by atoms with Crippen LogP contribution in [0.25, 0.3) is 0 Å². The Kier molecular flexibility index (Phi) is 3.83. The molecular weight excluding hydrogens is 214 g/mol. The minimum absolute atomic E-state index is 0. The van der Waals surface area contributed by atoms with E-state index in [4.69, 9.17) is 15.2 Å². The topological polar surface area (TPSA) is 44.5 Å². The summed E-state index contributed by atoms with van der Waals surface area (Å²) in [5, 5.41) is 0. The van der Waals surface area contributed by atoms with Crippen molar-refractivity contribution in [2.75, 3.05) is 14.2 Å². The van der Waals surface area contributed by atoms with Gasteiger partial charge in [-0.15, -0.1) is 12.4 Å². The number of fused-ring (bicyclic) bond motifs is 1. The second-order valence-electron chi connectivity index (χ2n) is 3.51. The Morgan fingerprint density at radius 1 is 1.27 bits per heavy atom. The van der Waals surface area contributed by atoms with Crippen LogP contribution in [-0.4, -0.2) is 14.2 Å². The molecular formula is C11H16ClNO2. The minimum atomic E-state index is 0. The molecule has 0 amide bonds. The number of ether oxygens (including phenoxy) is 2. The van der Waals surface area contributed by atoms with Gasteiger partial charge in [-0.3, -0.25) is 0 Å². The van der Waals surface area contributed by atoms with Crippen LogP contribution in [0.3, 0.4) is 0 Å². The molecule has 15 heavy (non-hydrogen) atoms. The van der Waals surface area contributed by atoms with Crippen LogP contribution in [-0.2, 0) is 6.42 Å². The molecule has 0 spiro atoms. The first kappa shape index (κ1) is 12.1. The van der Waals surface area contributed by atoms with Gasteiger partial charge in [0.1, 0.15) is 0 Å². The Bertz CT molecular complexity index is 355. The highest BCUT2D eigenvalue weighted by Crippen LogP contribution is 2.41. The number of halogens is 1. The van der Waals surface area contributed by atoms with Crippen LogP contribution in [0.2, 0.25) is 0 Å². The third-order valence-electron chi connectivity index (χ3n) is 2.79. The molecule has 0 aliphatic heterocycles. The number of methoxy groups -OCH3 is 2. The van der Waals surface area contributed by atoms with Crippen LogP contribution in [0, 0.1) is 0 Å². The fourth-order valence-electron chi connectivity index (χ4n) is 2.07. The minimum Gasteiger partial charge on any atom is -0.493 e. The van der Waals surface area contributed by atoms with Crippen molar-refractivity contribution in [2.24, 2.45) is 5.73 Å². The van der Waals surface area contributed by atoms with E-state index in [0.29, 0.717) is 0 Å². The maximum atomic E-state index is 5.97. The molecule has 0 radical (unpaired) electrons. The highest BCUT2D eigenvalue weighted by molar-refractivity contribution is 5.85. The van der Waals surface area contributed by atoms with Gasteiger partial charge in [-0.1, -0.05) is 6.07 Å². The van der Waals surface area contributed by atoms with Gasteiger partial charge in [0.05, 0.1) is 14.2 Å². The second kappa shape index (κ2) is 4.73. The maximum Gasteiger partial charge on any atom is 0.164 e. The first-order valence-corrected chi connectivity index (χ1v) is 4.77. The fourth-order valence-corrected chi connectivity index (χ4v) is 2.07. The first-order valence-electron chi connectivity index (χ1n) is 4.77. The standard InChI is InChI=1S/C11H15NO2.ClH/c1-13-10-6-4-7-8(11(10)14-2)3-5-9(7)12;/h4,6,9H,3,5,12H2,1-2H3;1H. The van der Waals surface area contributed by atoms with Gasteiger partial charge in [0, 0.05) is 11.6 Å². The Morgan fingerprint density at radius 3 is 2.60 bits per heavy atom. The first-order chi connectivity index (χ1) is 6.77. The smallest absolute Gasteiger partial charge is 0.164 e. The van der Waals surface area contributed by atoms with Gasteiger partial charge >= 0.3 is 0 Å². The van der Waals surface area contributed by atoms with Crippen molar-refractivity contribution < 1.29 is 9.47 Å². The molecule has 3 nitrogen and oxygen atoms in total. The van der Waals surface area contributed by atoms with Crippen molar-refractivity contribution in [1.29, 1.82) is 0 Å². The van der Waals surface area contributed by atoms with Crippen molar-refractivity contribution in [3.8, 4) is 11.5 Å². The summed E-state index contributed by atoms with van der Waals surface area (Å²) >= 11 is 0. The maximum absolute atomic E-state index is 5.97. The lowest BCUT2D eigenvalue weighted by Gasteiger charge is -2.12. The monoisotopic (exact) mass is 229 g/mol. The molecule has 1 aliphatic carbocycles. The molecule has 0 bridgehead atoms. The normalized spacial score (nSPS) is 17.9. The summed E-state index contributed by atoms with van der Waals surface area (Å²) in [6.07, 6.45) is 1.98. The third kappa shape index (κ3) is 1.90. The van der Waals surface area contributed by atoms with Gasteiger partial charge in [0.15, 0.2) is 11.5 Å². The molecule has 2 N–H and O–H groups in total. The molecule has 4 heteroatoms. The SMILES string of the molecule is COc1ccc2c(c1OC)CCC2N.Cl. The highest BCUT2D eigenvalue weighted by atomic mass is 35.5. The molecule has 1 aliphatic rings. The van der Waals surface area contributed by atoms with E-state index in [1.807, 2.05) is 12.1 Å². The molecule has 0 saturated carbocycles. The molecule has 0 saturated heterocycles. The summed E-state index contributed by atoms with van der Waals surface area (Å²) in [5.74, 6) is 1.64. The number of nitrogens with two attached hydrogens (primary N) is 1. The zero-order valence-electron chi connectivity index (χ0n) is 8.95. The lowest BCUT2D eigenvalue weighted by atomic mass is 10.1. The quantitative estimate of drug-likeness (QED) is 0.845. The summed E-state index contributed by atoms with van der Waals surface area (Å²) in [6.45, 7) is 0. The second-order valence-corrected chi connectivity index (χ2v) is 3.51. The van der Waals surface area contributed by atoms with E-state index in [9.17, 15) is 0 Å². The number of hydrogen-bond acceptors (Lipinski definition) is 3. The van der Waals surface area contributed by atoms with Gasteiger partial charge in [-0.25, -0.2) is 0 Å². The predicted molar refractivity (Wildman–Crippen MR) is 62.0 cm³/mol. The van der Waals surface area contributed by atoms with Crippen molar-refractivity contribution in [2.45, 2.75) is 18.9 Å². The molecule has 84 valence electrons. The Morgan fingerprint density at radius 2 is 2.00 bits per heavy atom. The van der Waals surface area contributed by atoms with E-state index in [1.54, 1.807) is 14.2 Å². The molecule has 1 unspecified atom stereocenters. The van der Waals surface area contributed by atoms with E-state index in [2.05, 4.69) is 0 Å². The summed E-state index contributed by atoms with van der Waals surface area (Å²) in [7, 11) is 3.32. The van der Waals surface area contributed by atoms with E-state index in [-0.39, 0.29) is 18.4 Å². The van der Waals surface area contributed by atoms with E-state index in [1.165, 1.54) is 11.1 Å². The number of rotatable bonds is 2. The molecule has 0 aromatic heterocycles. The molecule has 0 fully saturated rings. The molecule has 1 aromatic carbocycles. The average molecular weight is 230 g/mol. The lowest BCUT2D eigenvalue weighted by Crippen LogP contribution is -2.05. The zero-order valence-corrected chi connectivity index (χ0v) is 9.76. The molecule has 2 rings (SSSR count). The Hall–Kier alpha value is -0.930.